The summed E-state index contributed by atoms with van der Waals surface area (Å²) in [6, 6.07) is 4.46. The van der Waals surface area contributed by atoms with E-state index in [2.05, 4.69) is 18.7 Å². The molecule has 96 valence electrons. The van der Waals surface area contributed by atoms with Crippen LogP contribution < -0.4 is 4.90 Å². The van der Waals surface area contributed by atoms with Crippen LogP contribution in [0, 0.1) is 15.5 Å². The Labute approximate surface area is 106 Å². The third-order valence-corrected chi connectivity index (χ3v) is 3.37. The molecule has 18 heavy (non-hydrogen) atoms. The van der Waals surface area contributed by atoms with Gasteiger partial charge in [-0.3, -0.25) is 14.9 Å². The van der Waals surface area contributed by atoms with Gasteiger partial charge in [0.15, 0.2) is 6.29 Å². The predicted octanol–water partition coefficient (Wildman–Crippen LogP) is 2.64. The minimum absolute atomic E-state index is 0.0423. The van der Waals surface area contributed by atoms with Crippen LogP contribution in [0.2, 0.25) is 0 Å². The van der Waals surface area contributed by atoms with E-state index in [0.29, 0.717) is 11.8 Å². The molecule has 1 aromatic rings. The van der Waals surface area contributed by atoms with Crippen molar-refractivity contribution in [3.8, 4) is 0 Å². The highest BCUT2D eigenvalue weighted by Crippen LogP contribution is 2.34. The Balaban J connectivity index is 2.34. The van der Waals surface area contributed by atoms with Gasteiger partial charge in [-0.1, -0.05) is 13.8 Å². The van der Waals surface area contributed by atoms with Crippen molar-refractivity contribution < 1.29 is 9.72 Å². The second-order valence-electron chi connectivity index (χ2n) is 5.45. The maximum atomic E-state index is 11.1. The second kappa shape index (κ2) is 4.40. The van der Waals surface area contributed by atoms with Gasteiger partial charge in [-0.15, -0.1) is 0 Å². The summed E-state index contributed by atoms with van der Waals surface area (Å²) in [6.45, 7) is 6.11. The minimum atomic E-state index is -0.481. The van der Waals surface area contributed by atoms with Crippen molar-refractivity contribution in [2.75, 3.05) is 18.0 Å². The summed E-state index contributed by atoms with van der Waals surface area (Å²) in [6.07, 6.45) is 1.75. The van der Waals surface area contributed by atoms with Gasteiger partial charge in [0.1, 0.15) is 0 Å². The van der Waals surface area contributed by atoms with Crippen molar-refractivity contribution in [3.05, 3.63) is 33.9 Å². The fraction of sp³-hybridized carbons (Fsp3) is 0.462. The molecule has 1 aromatic carbocycles. The first-order chi connectivity index (χ1) is 8.43. The third-order valence-electron chi connectivity index (χ3n) is 3.37. The van der Waals surface area contributed by atoms with Gasteiger partial charge in [-0.05, 0) is 17.9 Å². The quantitative estimate of drug-likeness (QED) is 0.468. The Bertz CT molecular complexity index is 497. The van der Waals surface area contributed by atoms with Crippen LogP contribution in [0.5, 0.6) is 0 Å². The summed E-state index contributed by atoms with van der Waals surface area (Å²) in [4.78, 5) is 23.4. The van der Waals surface area contributed by atoms with Gasteiger partial charge in [0.25, 0.3) is 5.69 Å². The third kappa shape index (κ3) is 2.34. The van der Waals surface area contributed by atoms with Crippen LogP contribution in [0.15, 0.2) is 18.2 Å². The molecular weight excluding hydrogens is 232 g/mol. The highest BCUT2D eigenvalue weighted by molar-refractivity contribution is 5.86. The molecule has 1 saturated heterocycles. The standard InChI is InChI=1S/C13H16N2O3/c1-13(2)5-6-14(9-13)12-4-3-11(15(17)18)7-10(12)8-16/h3-4,7-8H,5-6,9H2,1-2H3. The Kier molecular flexibility index (Phi) is 3.07. The first-order valence-electron chi connectivity index (χ1n) is 5.91. The number of carbonyl (C=O) groups is 1. The lowest BCUT2D eigenvalue weighted by atomic mass is 9.93. The number of rotatable bonds is 3. The van der Waals surface area contributed by atoms with Gasteiger partial charge >= 0.3 is 0 Å². The molecule has 0 bridgehead atoms. The number of hydrogen-bond acceptors (Lipinski definition) is 4. The summed E-state index contributed by atoms with van der Waals surface area (Å²) >= 11 is 0. The molecule has 0 unspecified atom stereocenters. The maximum Gasteiger partial charge on any atom is 0.270 e. The topological polar surface area (TPSA) is 63.4 Å². The SMILES string of the molecule is CC1(C)CCN(c2ccc([N+](=O)[O-])cc2C=O)C1. The zero-order valence-electron chi connectivity index (χ0n) is 10.5. The first kappa shape index (κ1) is 12.5. The summed E-state index contributed by atoms with van der Waals surface area (Å²) in [5, 5.41) is 10.7. The average molecular weight is 248 g/mol. The molecule has 0 amide bonds. The van der Waals surface area contributed by atoms with Crippen molar-refractivity contribution >= 4 is 17.7 Å². The minimum Gasteiger partial charge on any atom is -0.370 e. The molecule has 0 aromatic heterocycles. The van der Waals surface area contributed by atoms with E-state index in [-0.39, 0.29) is 11.1 Å². The van der Waals surface area contributed by atoms with Gasteiger partial charge in [0.05, 0.1) is 4.92 Å². The van der Waals surface area contributed by atoms with Crippen LogP contribution >= 0.6 is 0 Å². The van der Waals surface area contributed by atoms with Gasteiger partial charge in [-0.2, -0.15) is 0 Å². The molecule has 0 radical (unpaired) electrons. The summed E-state index contributed by atoms with van der Waals surface area (Å²) in [5.41, 5.74) is 1.37. The number of non-ortho nitro benzene ring substituents is 1. The summed E-state index contributed by atoms with van der Waals surface area (Å²) in [7, 11) is 0. The Morgan fingerprint density at radius 2 is 2.17 bits per heavy atom. The monoisotopic (exact) mass is 248 g/mol. The lowest BCUT2D eigenvalue weighted by molar-refractivity contribution is -0.384. The van der Waals surface area contributed by atoms with E-state index in [1.54, 1.807) is 6.07 Å². The molecular formula is C13H16N2O3. The molecule has 5 heteroatoms. The Morgan fingerprint density at radius 1 is 1.44 bits per heavy atom. The predicted molar refractivity (Wildman–Crippen MR) is 69.1 cm³/mol. The number of carbonyl (C=O) groups excluding carboxylic acids is 1. The zero-order valence-corrected chi connectivity index (χ0v) is 10.5. The lowest BCUT2D eigenvalue weighted by Gasteiger charge is -2.22. The molecule has 5 nitrogen and oxygen atoms in total. The van der Waals surface area contributed by atoms with Crippen LogP contribution in [0.4, 0.5) is 11.4 Å². The lowest BCUT2D eigenvalue weighted by Crippen LogP contribution is -2.23. The van der Waals surface area contributed by atoms with E-state index >= 15 is 0 Å². The van der Waals surface area contributed by atoms with Gasteiger partial charge < -0.3 is 4.90 Å². The summed E-state index contributed by atoms with van der Waals surface area (Å²) in [5.74, 6) is 0. The number of nitrogens with zero attached hydrogens (tertiary/aromatic N) is 2. The Morgan fingerprint density at radius 3 is 2.67 bits per heavy atom. The van der Waals surface area contributed by atoms with Crippen molar-refractivity contribution in [1.29, 1.82) is 0 Å². The van der Waals surface area contributed by atoms with Crippen molar-refractivity contribution in [2.45, 2.75) is 20.3 Å². The van der Waals surface area contributed by atoms with E-state index in [9.17, 15) is 14.9 Å². The molecule has 2 rings (SSSR count). The number of aldehydes is 1. The second-order valence-corrected chi connectivity index (χ2v) is 5.45. The number of nitro groups is 1. The first-order valence-corrected chi connectivity index (χ1v) is 5.91. The number of hydrogen-bond donors (Lipinski definition) is 0. The van der Waals surface area contributed by atoms with Gasteiger partial charge in [0, 0.05) is 36.5 Å². The van der Waals surface area contributed by atoms with Crippen molar-refractivity contribution in [2.24, 2.45) is 5.41 Å². The smallest absolute Gasteiger partial charge is 0.270 e. The molecule has 1 aliphatic heterocycles. The van der Waals surface area contributed by atoms with Crippen LogP contribution in [0.1, 0.15) is 30.6 Å². The van der Waals surface area contributed by atoms with Crippen molar-refractivity contribution in [1.82, 2.24) is 0 Å². The molecule has 0 N–H and O–H groups in total. The van der Waals surface area contributed by atoms with E-state index < -0.39 is 4.92 Å². The number of benzene rings is 1. The van der Waals surface area contributed by atoms with Gasteiger partial charge in [0.2, 0.25) is 0 Å². The molecule has 0 saturated carbocycles. The number of nitro benzene ring substituents is 1. The molecule has 0 spiro atoms. The van der Waals surface area contributed by atoms with Crippen LogP contribution in [0.25, 0.3) is 0 Å². The average Bonchev–Trinajstić information content (AvgIpc) is 2.68. The number of anilines is 1. The van der Waals surface area contributed by atoms with Gasteiger partial charge in [-0.25, -0.2) is 0 Å². The van der Waals surface area contributed by atoms with Crippen LogP contribution in [0.3, 0.4) is 0 Å². The fourth-order valence-electron chi connectivity index (χ4n) is 2.36. The molecule has 1 fully saturated rings. The molecule has 0 atom stereocenters. The Hall–Kier alpha value is -1.91. The highest BCUT2D eigenvalue weighted by atomic mass is 16.6. The van der Waals surface area contributed by atoms with E-state index in [1.165, 1.54) is 12.1 Å². The molecule has 0 aliphatic carbocycles. The summed E-state index contributed by atoms with van der Waals surface area (Å²) < 4.78 is 0. The van der Waals surface area contributed by atoms with E-state index in [4.69, 9.17) is 0 Å². The normalized spacial score (nSPS) is 17.8. The largest absolute Gasteiger partial charge is 0.370 e. The maximum absolute atomic E-state index is 11.1. The fourth-order valence-corrected chi connectivity index (χ4v) is 2.36. The zero-order chi connectivity index (χ0) is 13.3. The van der Waals surface area contributed by atoms with Crippen LogP contribution in [-0.4, -0.2) is 24.3 Å². The molecule has 1 heterocycles. The van der Waals surface area contributed by atoms with E-state index in [1.807, 2.05) is 0 Å². The van der Waals surface area contributed by atoms with Crippen LogP contribution in [-0.2, 0) is 0 Å². The highest BCUT2D eigenvalue weighted by Gasteiger charge is 2.30. The molecule has 1 aliphatic rings. The van der Waals surface area contributed by atoms with E-state index in [0.717, 1.165) is 25.2 Å². The van der Waals surface area contributed by atoms with Crippen molar-refractivity contribution in [3.63, 3.8) is 0 Å².